The number of nitrogens with two attached hydrogens (primary N) is 1. The van der Waals surface area contributed by atoms with Gasteiger partial charge < -0.3 is 25.3 Å². The van der Waals surface area contributed by atoms with Crippen LogP contribution in [0.15, 0.2) is 48.4 Å². The molecule has 7 heteroatoms. The molecule has 0 saturated carbocycles. The first-order valence-electron chi connectivity index (χ1n) is 7.16. The average molecular weight is 309 g/mol. The van der Waals surface area contributed by atoms with Crippen LogP contribution in [-0.4, -0.2) is 39.6 Å². The SMILES string of the molecule is CN1C=C2C(c3nc4c(OC(N)=O)cccc4[nH]3)=CC=CN2C1. The molecule has 0 fully saturated rings. The van der Waals surface area contributed by atoms with Gasteiger partial charge in [-0.1, -0.05) is 6.07 Å². The summed E-state index contributed by atoms with van der Waals surface area (Å²) in [5.41, 5.74) is 8.53. The van der Waals surface area contributed by atoms with Crippen molar-refractivity contribution in [3.63, 3.8) is 0 Å². The average Bonchev–Trinajstić information content (AvgIpc) is 3.08. The van der Waals surface area contributed by atoms with Crippen LogP contribution >= 0.6 is 0 Å². The van der Waals surface area contributed by atoms with E-state index in [2.05, 4.69) is 26.0 Å². The first kappa shape index (κ1) is 13.4. The zero-order valence-electron chi connectivity index (χ0n) is 12.5. The molecule has 116 valence electrons. The first-order chi connectivity index (χ1) is 11.1. The number of carbonyl (C=O) groups is 1. The number of carbonyl (C=O) groups excluding carboxylic acids is 1. The van der Waals surface area contributed by atoms with Gasteiger partial charge in [0.2, 0.25) is 0 Å². The highest BCUT2D eigenvalue weighted by atomic mass is 16.5. The lowest BCUT2D eigenvalue weighted by molar-refractivity contribution is 0.211. The summed E-state index contributed by atoms with van der Waals surface area (Å²) >= 11 is 0. The molecule has 0 spiro atoms. The molecule has 3 heterocycles. The van der Waals surface area contributed by atoms with Gasteiger partial charge in [0.15, 0.2) is 5.75 Å². The third kappa shape index (κ3) is 2.22. The summed E-state index contributed by atoms with van der Waals surface area (Å²) in [4.78, 5) is 23.1. The molecule has 23 heavy (non-hydrogen) atoms. The number of hydrogen-bond acceptors (Lipinski definition) is 5. The van der Waals surface area contributed by atoms with Gasteiger partial charge in [0.05, 0.1) is 17.9 Å². The number of benzene rings is 1. The maximum atomic E-state index is 11.0. The van der Waals surface area contributed by atoms with Crippen LogP contribution in [0.2, 0.25) is 0 Å². The van der Waals surface area contributed by atoms with Gasteiger partial charge in [-0.05, 0) is 24.3 Å². The molecule has 2 aliphatic rings. The monoisotopic (exact) mass is 309 g/mol. The number of allylic oxidation sites excluding steroid dienone is 3. The number of nitrogens with one attached hydrogen (secondary N) is 1. The number of nitrogens with zero attached hydrogens (tertiary/aromatic N) is 3. The third-order valence-electron chi connectivity index (χ3n) is 3.77. The molecular formula is C16H15N5O2. The van der Waals surface area contributed by atoms with Crippen molar-refractivity contribution < 1.29 is 9.53 Å². The molecule has 0 saturated heterocycles. The van der Waals surface area contributed by atoms with Crippen LogP contribution in [0.3, 0.4) is 0 Å². The molecule has 0 radical (unpaired) electrons. The maximum Gasteiger partial charge on any atom is 0.410 e. The normalized spacial score (nSPS) is 16.4. The van der Waals surface area contributed by atoms with E-state index in [1.807, 2.05) is 31.5 Å². The molecule has 0 atom stereocenters. The zero-order valence-corrected chi connectivity index (χ0v) is 12.5. The zero-order chi connectivity index (χ0) is 16.0. The third-order valence-corrected chi connectivity index (χ3v) is 3.77. The number of imidazole rings is 1. The van der Waals surface area contributed by atoms with Crippen LogP contribution in [0, 0.1) is 0 Å². The Kier molecular flexibility index (Phi) is 2.87. The molecule has 4 rings (SSSR count). The van der Waals surface area contributed by atoms with Crippen LogP contribution < -0.4 is 10.5 Å². The van der Waals surface area contributed by atoms with E-state index in [-0.39, 0.29) is 0 Å². The number of hydrogen-bond donors (Lipinski definition) is 2. The molecular weight excluding hydrogens is 294 g/mol. The van der Waals surface area contributed by atoms with Crippen LogP contribution in [-0.2, 0) is 0 Å². The fraction of sp³-hybridized carbons (Fsp3) is 0.125. The Balaban J connectivity index is 1.81. The van der Waals surface area contributed by atoms with Gasteiger partial charge >= 0.3 is 6.09 Å². The van der Waals surface area contributed by atoms with Crippen LogP contribution in [0.5, 0.6) is 5.75 Å². The van der Waals surface area contributed by atoms with Gasteiger partial charge in [-0.25, -0.2) is 9.78 Å². The van der Waals surface area contributed by atoms with E-state index in [1.54, 1.807) is 12.1 Å². The Bertz CT molecular complexity index is 893. The second-order valence-electron chi connectivity index (χ2n) is 5.46. The van der Waals surface area contributed by atoms with Crippen molar-refractivity contribution in [2.75, 3.05) is 13.7 Å². The van der Waals surface area contributed by atoms with Crippen LogP contribution in [0.4, 0.5) is 4.79 Å². The van der Waals surface area contributed by atoms with Gasteiger partial charge in [-0.2, -0.15) is 0 Å². The fourth-order valence-corrected chi connectivity index (χ4v) is 2.84. The fourth-order valence-electron chi connectivity index (χ4n) is 2.84. The predicted octanol–water partition coefficient (Wildman–Crippen LogP) is 1.98. The van der Waals surface area contributed by atoms with Crippen LogP contribution in [0.25, 0.3) is 16.6 Å². The lowest BCUT2D eigenvalue weighted by atomic mass is 10.1. The highest BCUT2D eigenvalue weighted by Crippen LogP contribution is 2.33. The quantitative estimate of drug-likeness (QED) is 0.885. The van der Waals surface area contributed by atoms with E-state index in [0.717, 1.165) is 29.3 Å². The number of aromatic nitrogens is 2. The molecule has 0 unspecified atom stereocenters. The van der Waals surface area contributed by atoms with E-state index in [9.17, 15) is 4.79 Å². The Morgan fingerprint density at radius 1 is 1.43 bits per heavy atom. The summed E-state index contributed by atoms with van der Waals surface area (Å²) in [6, 6.07) is 5.33. The van der Waals surface area contributed by atoms with E-state index < -0.39 is 6.09 Å². The summed E-state index contributed by atoms with van der Waals surface area (Å²) < 4.78 is 5.02. The highest BCUT2D eigenvalue weighted by molar-refractivity contribution is 5.88. The minimum absolute atomic E-state index is 0.346. The van der Waals surface area contributed by atoms with Crippen molar-refractivity contribution in [3.05, 3.63) is 54.3 Å². The van der Waals surface area contributed by atoms with E-state index >= 15 is 0 Å². The minimum atomic E-state index is -0.854. The second kappa shape index (κ2) is 4.91. The number of ether oxygens (including phenoxy) is 1. The maximum absolute atomic E-state index is 11.0. The topological polar surface area (TPSA) is 87.5 Å². The molecule has 7 nitrogen and oxygen atoms in total. The Labute approximate surface area is 132 Å². The van der Waals surface area contributed by atoms with Gasteiger partial charge in [0, 0.05) is 25.0 Å². The number of primary amides is 1. The van der Waals surface area contributed by atoms with E-state index in [1.165, 1.54) is 0 Å². The minimum Gasteiger partial charge on any atom is -0.408 e. The summed E-state index contributed by atoms with van der Waals surface area (Å²) in [7, 11) is 2.02. The highest BCUT2D eigenvalue weighted by Gasteiger charge is 2.25. The number of rotatable bonds is 2. The smallest absolute Gasteiger partial charge is 0.408 e. The molecule has 2 aliphatic heterocycles. The second-order valence-corrected chi connectivity index (χ2v) is 5.46. The Hall–Kier alpha value is -3.22. The molecule has 1 aromatic carbocycles. The summed E-state index contributed by atoms with van der Waals surface area (Å²) in [6.45, 7) is 0.805. The Morgan fingerprint density at radius 3 is 3.13 bits per heavy atom. The largest absolute Gasteiger partial charge is 0.410 e. The standard InChI is InChI=1S/C16H15N5O2/c1-20-8-12-10(4-3-7-21(12)9-20)15-18-11-5-2-6-13(14(11)19-15)23-16(17)22/h2-8H,9H2,1H3,(H2,17,22)(H,18,19). The van der Waals surface area contributed by atoms with Crippen molar-refractivity contribution in [1.29, 1.82) is 0 Å². The van der Waals surface area contributed by atoms with Crippen molar-refractivity contribution in [2.24, 2.45) is 5.73 Å². The van der Waals surface area contributed by atoms with Gasteiger partial charge in [0.25, 0.3) is 0 Å². The summed E-state index contributed by atoms with van der Waals surface area (Å²) in [5.74, 6) is 1.07. The van der Waals surface area contributed by atoms with Gasteiger partial charge in [0.1, 0.15) is 11.3 Å². The van der Waals surface area contributed by atoms with E-state index in [4.69, 9.17) is 10.5 Å². The lowest BCUT2D eigenvalue weighted by Gasteiger charge is -2.21. The molecule has 2 aromatic rings. The van der Waals surface area contributed by atoms with Crippen molar-refractivity contribution in [1.82, 2.24) is 19.8 Å². The lowest BCUT2D eigenvalue weighted by Crippen LogP contribution is -2.21. The van der Waals surface area contributed by atoms with Gasteiger partial charge in [-0.3, -0.25) is 0 Å². The number of amides is 1. The van der Waals surface area contributed by atoms with E-state index in [0.29, 0.717) is 11.3 Å². The van der Waals surface area contributed by atoms with Gasteiger partial charge in [-0.15, -0.1) is 0 Å². The van der Waals surface area contributed by atoms with Crippen molar-refractivity contribution >= 4 is 22.7 Å². The van der Waals surface area contributed by atoms with Crippen molar-refractivity contribution in [3.8, 4) is 5.75 Å². The number of aromatic amines is 1. The van der Waals surface area contributed by atoms with Crippen molar-refractivity contribution in [2.45, 2.75) is 0 Å². The Morgan fingerprint density at radius 2 is 2.30 bits per heavy atom. The molecule has 1 amide bonds. The number of fused-ring (bicyclic) bond motifs is 2. The molecule has 0 aliphatic carbocycles. The molecule has 1 aromatic heterocycles. The summed E-state index contributed by atoms with van der Waals surface area (Å²) in [5, 5.41) is 0. The summed E-state index contributed by atoms with van der Waals surface area (Å²) in [6.07, 6.45) is 7.24. The van der Waals surface area contributed by atoms with Crippen LogP contribution in [0.1, 0.15) is 5.82 Å². The number of para-hydroxylation sites is 1. The molecule has 0 bridgehead atoms. The number of H-pyrrole nitrogens is 1. The molecule has 3 N–H and O–H groups in total. The predicted molar refractivity (Wildman–Crippen MR) is 86.0 cm³/mol. The first-order valence-corrected chi connectivity index (χ1v) is 7.16.